The third kappa shape index (κ3) is 2.37. The Hall–Kier alpha value is -1.39. The Bertz CT molecular complexity index is 197. The van der Waals surface area contributed by atoms with E-state index in [9.17, 15) is 14.4 Å². The van der Waals surface area contributed by atoms with Crippen molar-refractivity contribution in [3.8, 4) is 0 Å². The lowest BCUT2D eigenvalue weighted by Crippen LogP contribution is -2.31. The molecular weight excluding hydrogens is 152 g/mol. The average molecular weight is 160 g/mol. The molecule has 5 nitrogen and oxygen atoms in total. The van der Waals surface area contributed by atoms with E-state index >= 15 is 0 Å². The van der Waals surface area contributed by atoms with Crippen LogP contribution >= 0.6 is 0 Å². The van der Waals surface area contributed by atoms with Gasteiger partial charge in [0, 0.05) is 0 Å². The van der Waals surface area contributed by atoms with Gasteiger partial charge in [-0.15, -0.1) is 0 Å². The molecule has 0 spiro atoms. The van der Waals surface area contributed by atoms with Crippen molar-refractivity contribution in [1.29, 1.82) is 0 Å². The molecular formula is C6H8O5. The third-order valence-electron chi connectivity index (χ3n) is 1.27. The summed E-state index contributed by atoms with van der Waals surface area (Å²) >= 11 is 0. The largest absolute Gasteiger partial charge is 0.481 e. The Morgan fingerprint density at radius 2 is 1.91 bits per heavy atom. The van der Waals surface area contributed by atoms with Gasteiger partial charge in [-0.1, -0.05) is 0 Å². The van der Waals surface area contributed by atoms with Crippen molar-refractivity contribution >= 4 is 18.2 Å². The number of carbonyl (C=O) groups excluding carboxylic acids is 1. The lowest BCUT2D eigenvalue weighted by Gasteiger charge is -2.13. The summed E-state index contributed by atoms with van der Waals surface area (Å²) in [7, 11) is 0. The minimum absolute atomic E-state index is 0.128. The van der Waals surface area contributed by atoms with Gasteiger partial charge in [-0.05, 0) is 6.92 Å². The molecule has 0 aliphatic carbocycles. The lowest BCUT2D eigenvalue weighted by molar-refractivity contribution is -0.156. The zero-order valence-electron chi connectivity index (χ0n) is 5.90. The molecule has 0 bridgehead atoms. The molecule has 0 fully saturated rings. The van der Waals surface area contributed by atoms with E-state index in [1.807, 2.05) is 0 Å². The van der Waals surface area contributed by atoms with E-state index < -0.39 is 23.8 Å². The van der Waals surface area contributed by atoms with Gasteiger partial charge >= 0.3 is 11.9 Å². The molecule has 0 radical (unpaired) electrons. The van der Waals surface area contributed by atoms with Crippen LogP contribution in [0.25, 0.3) is 0 Å². The molecule has 1 unspecified atom stereocenters. The molecule has 0 saturated carbocycles. The fourth-order valence-electron chi connectivity index (χ4n) is 0.482. The molecule has 5 heteroatoms. The quantitative estimate of drug-likeness (QED) is 0.437. The molecule has 0 aliphatic heterocycles. The normalized spacial score (nSPS) is 15.0. The third-order valence-corrected chi connectivity index (χ3v) is 1.27. The second kappa shape index (κ2) is 3.14. The summed E-state index contributed by atoms with van der Waals surface area (Å²) in [6.07, 6.45) is -0.560. The fourth-order valence-corrected chi connectivity index (χ4v) is 0.482. The first-order valence-corrected chi connectivity index (χ1v) is 2.84. The summed E-state index contributed by atoms with van der Waals surface area (Å²) in [5, 5.41) is 16.6. The van der Waals surface area contributed by atoms with Gasteiger partial charge in [0.25, 0.3) is 0 Å². The highest BCUT2D eigenvalue weighted by molar-refractivity contribution is 5.95. The summed E-state index contributed by atoms with van der Waals surface area (Å²) in [6.45, 7) is 1.07. The summed E-state index contributed by atoms with van der Waals surface area (Å²) < 4.78 is 0. The summed E-state index contributed by atoms with van der Waals surface area (Å²) in [5.74, 6) is -2.73. The van der Waals surface area contributed by atoms with Crippen molar-refractivity contribution < 1.29 is 24.6 Å². The zero-order valence-corrected chi connectivity index (χ0v) is 5.90. The van der Waals surface area contributed by atoms with E-state index in [-0.39, 0.29) is 6.29 Å². The number of aliphatic carboxylic acids is 2. The molecule has 11 heavy (non-hydrogen) atoms. The smallest absolute Gasteiger partial charge is 0.317 e. The van der Waals surface area contributed by atoms with E-state index in [1.54, 1.807) is 0 Å². The maximum absolute atomic E-state index is 10.3. The van der Waals surface area contributed by atoms with Gasteiger partial charge in [0.15, 0.2) is 0 Å². The molecule has 1 atom stereocenters. The first kappa shape index (κ1) is 9.61. The molecule has 2 N–H and O–H groups in total. The van der Waals surface area contributed by atoms with E-state index in [4.69, 9.17) is 10.2 Å². The van der Waals surface area contributed by atoms with E-state index in [2.05, 4.69) is 0 Å². The highest BCUT2D eigenvalue weighted by Gasteiger charge is 2.35. The summed E-state index contributed by atoms with van der Waals surface area (Å²) in [6, 6.07) is 0. The molecule has 0 aromatic heterocycles. The first-order valence-electron chi connectivity index (χ1n) is 2.84. The van der Waals surface area contributed by atoms with E-state index in [1.165, 1.54) is 0 Å². The van der Waals surface area contributed by atoms with E-state index in [0.29, 0.717) is 0 Å². The van der Waals surface area contributed by atoms with Gasteiger partial charge in [0.2, 0.25) is 0 Å². The number of rotatable bonds is 4. The molecule has 62 valence electrons. The monoisotopic (exact) mass is 160 g/mol. The topological polar surface area (TPSA) is 91.7 Å². The summed E-state index contributed by atoms with van der Waals surface area (Å²) in [5.41, 5.74) is -1.80. The van der Waals surface area contributed by atoms with Crippen LogP contribution in [0.5, 0.6) is 0 Å². The highest BCUT2D eigenvalue weighted by Crippen LogP contribution is 2.17. The van der Waals surface area contributed by atoms with Crippen LogP contribution in [-0.2, 0) is 14.4 Å². The Labute approximate surface area is 62.6 Å². The van der Waals surface area contributed by atoms with Crippen molar-refractivity contribution in [3.05, 3.63) is 0 Å². The second-order valence-electron chi connectivity index (χ2n) is 2.41. The molecule has 0 aromatic carbocycles. The number of carboxylic acids is 2. The van der Waals surface area contributed by atoms with Gasteiger partial charge in [0.05, 0.1) is 6.42 Å². The van der Waals surface area contributed by atoms with Gasteiger partial charge in [-0.2, -0.15) is 0 Å². The standard InChI is InChI=1S/C6H8O5/c1-6(3-7,5(10)11)2-4(8)9/h3H,2H2,1H3,(H,8,9)(H,10,11). The number of hydrogen-bond acceptors (Lipinski definition) is 3. The van der Waals surface area contributed by atoms with Crippen molar-refractivity contribution in [2.45, 2.75) is 13.3 Å². The molecule has 0 heterocycles. The SMILES string of the molecule is CC(C=O)(CC(=O)O)C(=O)O. The molecule has 0 rings (SSSR count). The van der Waals surface area contributed by atoms with Crippen LogP contribution in [0.15, 0.2) is 0 Å². The predicted molar refractivity (Wildman–Crippen MR) is 34.1 cm³/mol. The Balaban J connectivity index is 4.47. The molecule has 0 aliphatic rings. The minimum atomic E-state index is -1.80. The number of carboxylic acid groups (broad SMARTS) is 2. The van der Waals surface area contributed by atoms with Crippen LogP contribution in [-0.4, -0.2) is 28.4 Å². The number of carbonyl (C=O) groups is 3. The Morgan fingerprint density at radius 1 is 1.45 bits per heavy atom. The van der Waals surface area contributed by atoms with Crippen LogP contribution in [0.3, 0.4) is 0 Å². The van der Waals surface area contributed by atoms with Crippen LogP contribution in [0, 0.1) is 5.41 Å². The molecule has 0 saturated heterocycles. The second-order valence-corrected chi connectivity index (χ2v) is 2.41. The van der Waals surface area contributed by atoms with E-state index in [0.717, 1.165) is 6.92 Å². The number of hydrogen-bond donors (Lipinski definition) is 2. The van der Waals surface area contributed by atoms with Crippen molar-refractivity contribution in [3.63, 3.8) is 0 Å². The van der Waals surface area contributed by atoms with Crippen molar-refractivity contribution in [1.82, 2.24) is 0 Å². The van der Waals surface area contributed by atoms with Crippen LogP contribution in [0.4, 0.5) is 0 Å². The Kier molecular flexibility index (Phi) is 2.74. The highest BCUT2D eigenvalue weighted by atomic mass is 16.4. The van der Waals surface area contributed by atoms with Crippen molar-refractivity contribution in [2.75, 3.05) is 0 Å². The lowest BCUT2D eigenvalue weighted by atomic mass is 9.89. The Morgan fingerprint density at radius 3 is 2.00 bits per heavy atom. The molecule has 0 amide bonds. The van der Waals surface area contributed by atoms with Crippen LogP contribution in [0.1, 0.15) is 13.3 Å². The fraction of sp³-hybridized carbons (Fsp3) is 0.500. The van der Waals surface area contributed by atoms with Crippen LogP contribution < -0.4 is 0 Å². The van der Waals surface area contributed by atoms with Gasteiger partial charge in [-0.25, -0.2) is 0 Å². The maximum atomic E-state index is 10.3. The van der Waals surface area contributed by atoms with Gasteiger partial charge in [-0.3, -0.25) is 9.59 Å². The maximum Gasteiger partial charge on any atom is 0.317 e. The molecule has 0 aromatic rings. The average Bonchev–Trinajstić information content (AvgIpc) is 1.86. The minimum Gasteiger partial charge on any atom is -0.481 e. The van der Waals surface area contributed by atoms with Gasteiger partial charge < -0.3 is 15.0 Å². The van der Waals surface area contributed by atoms with Gasteiger partial charge in [0.1, 0.15) is 11.7 Å². The number of aldehydes is 1. The first-order chi connectivity index (χ1) is 4.92. The predicted octanol–water partition coefficient (Wildman–Crippen LogP) is -0.249. The zero-order chi connectivity index (χ0) is 9.07. The van der Waals surface area contributed by atoms with Crippen LogP contribution in [0.2, 0.25) is 0 Å². The van der Waals surface area contributed by atoms with Crippen molar-refractivity contribution in [2.24, 2.45) is 5.41 Å². The summed E-state index contributed by atoms with van der Waals surface area (Å²) in [4.78, 5) is 30.5.